The first-order valence-electron chi connectivity index (χ1n) is 5.28. The molecule has 0 N–H and O–H groups in total. The van der Waals surface area contributed by atoms with Crippen LogP contribution in [0, 0.1) is 0 Å². The number of hydrogen-bond donors (Lipinski definition) is 0. The smallest absolute Gasteiger partial charge is 0.316 e. The van der Waals surface area contributed by atoms with E-state index in [9.17, 15) is 4.79 Å². The van der Waals surface area contributed by atoms with Crippen LogP contribution in [0.3, 0.4) is 0 Å². The Hall–Kier alpha value is -1.38. The molecule has 1 aromatic heterocycles. The largest absolute Gasteiger partial charge is 0.468 e. The molecule has 0 saturated heterocycles. The van der Waals surface area contributed by atoms with Gasteiger partial charge in [0.1, 0.15) is 0 Å². The first kappa shape index (κ1) is 10.1. The Balaban J connectivity index is 2.39. The molecule has 0 atom stereocenters. The average Bonchev–Trinajstić information content (AvgIpc) is 2.79. The van der Waals surface area contributed by atoms with Gasteiger partial charge in [-0.25, -0.2) is 0 Å². The molecule has 0 spiro atoms. The lowest BCUT2D eigenvalue weighted by Crippen LogP contribution is -2.34. The fraction of sp³-hybridized carbons (Fsp3) is 0.500. The molecular weight excluding hydrogens is 190 g/mol. The number of carbonyl (C=O) groups excluding carboxylic acids is 1. The highest BCUT2D eigenvalue weighted by atomic mass is 16.5. The third-order valence-corrected chi connectivity index (χ3v) is 3.25. The van der Waals surface area contributed by atoms with Crippen LogP contribution >= 0.6 is 0 Å². The maximum Gasteiger partial charge on any atom is 0.316 e. The normalized spacial score (nSPS) is 18.7. The van der Waals surface area contributed by atoms with Crippen LogP contribution in [-0.2, 0) is 14.9 Å². The summed E-state index contributed by atoms with van der Waals surface area (Å²) in [5.74, 6) is -0.118. The summed E-state index contributed by atoms with van der Waals surface area (Å²) in [7, 11) is 1.46. The molecule has 0 amide bonds. The Morgan fingerprint density at radius 1 is 1.47 bits per heavy atom. The zero-order valence-electron chi connectivity index (χ0n) is 8.90. The van der Waals surface area contributed by atoms with E-state index in [1.807, 2.05) is 12.1 Å². The predicted molar refractivity (Wildman–Crippen MR) is 56.4 cm³/mol. The first-order valence-corrected chi connectivity index (χ1v) is 5.28. The minimum absolute atomic E-state index is 0.118. The molecular formula is C12H15NO2. The number of hydrogen-bond acceptors (Lipinski definition) is 3. The van der Waals surface area contributed by atoms with Crippen molar-refractivity contribution in [2.24, 2.45) is 0 Å². The van der Waals surface area contributed by atoms with Crippen LogP contribution in [0.25, 0.3) is 0 Å². The fourth-order valence-electron chi connectivity index (χ4n) is 2.43. The summed E-state index contributed by atoms with van der Waals surface area (Å²) < 4.78 is 4.93. The highest BCUT2D eigenvalue weighted by molar-refractivity contribution is 5.83. The van der Waals surface area contributed by atoms with Crippen molar-refractivity contribution >= 4 is 5.97 Å². The third kappa shape index (κ3) is 1.62. The van der Waals surface area contributed by atoms with E-state index in [0.717, 1.165) is 31.2 Å². The first-order chi connectivity index (χ1) is 7.29. The predicted octanol–water partition coefficient (Wildman–Crippen LogP) is 2.07. The molecule has 0 unspecified atom stereocenters. The number of methoxy groups -OCH3 is 1. The molecule has 1 heterocycles. The monoisotopic (exact) mass is 205 g/mol. The summed E-state index contributed by atoms with van der Waals surface area (Å²) in [4.78, 5) is 16.0. The second-order valence-corrected chi connectivity index (χ2v) is 4.02. The Morgan fingerprint density at radius 3 is 2.73 bits per heavy atom. The van der Waals surface area contributed by atoms with E-state index in [4.69, 9.17) is 4.74 Å². The molecule has 3 nitrogen and oxygen atoms in total. The quantitative estimate of drug-likeness (QED) is 0.694. The maximum atomic E-state index is 11.9. The van der Waals surface area contributed by atoms with E-state index in [0.29, 0.717) is 0 Å². The number of nitrogens with zero attached hydrogens (tertiary/aromatic N) is 1. The molecule has 0 aromatic carbocycles. The molecule has 15 heavy (non-hydrogen) atoms. The van der Waals surface area contributed by atoms with E-state index in [1.54, 1.807) is 12.4 Å². The Kier molecular flexibility index (Phi) is 2.71. The molecule has 1 aliphatic rings. The Morgan fingerprint density at radius 2 is 2.20 bits per heavy atom. The van der Waals surface area contributed by atoms with Gasteiger partial charge < -0.3 is 4.74 Å². The van der Waals surface area contributed by atoms with Gasteiger partial charge in [0, 0.05) is 12.4 Å². The lowest BCUT2D eigenvalue weighted by atomic mass is 9.80. The van der Waals surface area contributed by atoms with Crippen molar-refractivity contribution in [3.05, 3.63) is 30.1 Å². The molecule has 1 aromatic rings. The molecule has 1 fully saturated rings. The van der Waals surface area contributed by atoms with E-state index in [-0.39, 0.29) is 5.97 Å². The third-order valence-electron chi connectivity index (χ3n) is 3.25. The van der Waals surface area contributed by atoms with Crippen LogP contribution in [0.15, 0.2) is 24.5 Å². The van der Waals surface area contributed by atoms with Crippen molar-refractivity contribution < 1.29 is 9.53 Å². The van der Waals surface area contributed by atoms with Crippen molar-refractivity contribution in [1.82, 2.24) is 4.98 Å². The number of ether oxygens (including phenoxy) is 1. The number of pyridine rings is 1. The molecule has 0 bridgehead atoms. The summed E-state index contributed by atoms with van der Waals surface area (Å²) >= 11 is 0. The van der Waals surface area contributed by atoms with Gasteiger partial charge in [-0.15, -0.1) is 0 Å². The standard InChI is InChI=1S/C12H15NO2/c1-15-11(14)12(6-2-3-7-12)10-5-4-8-13-9-10/h4-5,8-9H,2-3,6-7H2,1H3. The molecule has 0 radical (unpaired) electrons. The number of carbonyl (C=O) groups is 1. The summed E-state index contributed by atoms with van der Waals surface area (Å²) in [6.45, 7) is 0. The molecule has 2 rings (SSSR count). The number of esters is 1. The minimum Gasteiger partial charge on any atom is -0.468 e. The van der Waals surface area contributed by atoms with Crippen molar-refractivity contribution in [1.29, 1.82) is 0 Å². The maximum absolute atomic E-state index is 11.9. The zero-order valence-corrected chi connectivity index (χ0v) is 8.90. The highest BCUT2D eigenvalue weighted by Crippen LogP contribution is 2.41. The van der Waals surface area contributed by atoms with Gasteiger partial charge in [0.2, 0.25) is 0 Å². The van der Waals surface area contributed by atoms with Gasteiger partial charge in [0.25, 0.3) is 0 Å². The van der Waals surface area contributed by atoms with Crippen LogP contribution in [0.1, 0.15) is 31.2 Å². The molecule has 80 valence electrons. The number of rotatable bonds is 2. The van der Waals surface area contributed by atoms with Gasteiger partial charge in [-0.2, -0.15) is 0 Å². The molecule has 0 aliphatic heterocycles. The van der Waals surface area contributed by atoms with E-state index in [1.165, 1.54) is 7.11 Å². The van der Waals surface area contributed by atoms with E-state index >= 15 is 0 Å². The Labute approximate surface area is 89.5 Å². The average molecular weight is 205 g/mol. The lowest BCUT2D eigenvalue weighted by Gasteiger charge is -2.25. The molecule has 3 heteroatoms. The minimum atomic E-state index is -0.428. The molecule has 1 saturated carbocycles. The van der Waals surface area contributed by atoms with Gasteiger partial charge >= 0.3 is 5.97 Å². The van der Waals surface area contributed by atoms with Crippen LogP contribution in [0.2, 0.25) is 0 Å². The van der Waals surface area contributed by atoms with Crippen molar-refractivity contribution in [2.75, 3.05) is 7.11 Å². The van der Waals surface area contributed by atoms with Crippen LogP contribution < -0.4 is 0 Å². The van der Waals surface area contributed by atoms with Crippen molar-refractivity contribution in [3.63, 3.8) is 0 Å². The van der Waals surface area contributed by atoms with E-state index in [2.05, 4.69) is 4.98 Å². The Bertz CT molecular complexity index is 342. The van der Waals surface area contributed by atoms with Gasteiger partial charge in [-0.3, -0.25) is 9.78 Å². The summed E-state index contributed by atoms with van der Waals surface area (Å²) in [6, 6.07) is 3.84. The topological polar surface area (TPSA) is 39.2 Å². The van der Waals surface area contributed by atoms with Gasteiger partial charge in [-0.1, -0.05) is 18.9 Å². The van der Waals surface area contributed by atoms with Gasteiger partial charge in [0.05, 0.1) is 12.5 Å². The SMILES string of the molecule is COC(=O)C1(c2cccnc2)CCCC1. The fourth-order valence-corrected chi connectivity index (χ4v) is 2.43. The zero-order chi connectivity index (χ0) is 10.7. The van der Waals surface area contributed by atoms with Crippen LogP contribution in [0.4, 0.5) is 0 Å². The van der Waals surface area contributed by atoms with Crippen molar-refractivity contribution in [3.8, 4) is 0 Å². The van der Waals surface area contributed by atoms with Crippen molar-refractivity contribution in [2.45, 2.75) is 31.1 Å². The summed E-state index contributed by atoms with van der Waals surface area (Å²) in [5.41, 5.74) is 0.567. The van der Waals surface area contributed by atoms with Gasteiger partial charge in [0.15, 0.2) is 0 Å². The lowest BCUT2D eigenvalue weighted by molar-refractivity contribution is -0.147. The second kappa shape index (κ2) is 4.01. The second-order valence-electron chi connectivity index (χ2n) is 4.02. The molecule has 1 aliphatic carbocycles. The van der Waals surface area contributed by atoms with Crippen LogP contribution in [0.5, 0.6) is 0 Å². The van der Waals surface area contributed by atoms with Gasteiger partial charge in [-0.05, 0) is 24.5 Å². The van der Waals surface area contributed by atoms with E-state index < -0.39 is 5.41 Å². The highest BCUT2D eigenvalue weighted by Gasteiger charge is 2.43. The summed E-state index contributed by atoms with van der Waals surface area (Å²) in [5, 5.41) is 0. The summed E-state index contributed by atoms with van der Waals surface area (Å²) in [6.07, 6.45) is 7.44. The number of aromatic nitrogens is 1. The van der Waals surface area contributed by atoms with Crippen LogP contribution in [-0.4, -0.2) is 18.1 Å².